The summed E-state index contributed by atoms with van der Waals surface area (Å²) < 4.78 is 0.762. The van der Waals surface area contributed by atoms with Gasteiger partial charge in [0, 0.05) is 4.47 Å². The number of H-pyrrole nitrogens is 2. The molecule has 1 amide bonds. The van der Waals surface area contributed by atoms with Gasteiger partial charge in [0.25, 0.3) is 5.56 Å². The summed E-state index contributed by atoms with van der Waals surface area (Å²) in [7, 11) is 0. The Balaban J connectivity index is 1.97. The molecule has 3 N–H and O–H groups in total. The second-order valence-corrected chi connectivity index (χ2v) is 5.45. The number of nitrogens with zero attached hydrogens (tertiary/aromatic N) is 1. The van der Waals surface area contributed by atoms with Crippen LogP contribution in [0.5, 0.6) is 0 Å². The third-order valence-electron chi connectivity index (χ3n) is 2.17. The van der Waals surface area contributed by atoms with E-state index in [1.807, 2.05) is 11.1 Å². The van der Waals surface area contributed by atoms with Gasteiger partial charge in [-0.15, -0.1) is 0 Å². The molecule has 0 saturated carbocycles. The summed E-state index contributed by atoms with van der Waals surface area (Å²) >= 11 is 4.25. The Hall–Kier alpha value is -1.87. The van der Waals surface area contributed by atoms with Crippen molar-refractivity contribution < 1.29 is 4.79 Å². The Kier molecular flexibility index (Phi) is 4.74. The molecule has 0 bridgehead atoms. The SMILES string of the molecule is O=C(CSc1n[nH]c(=O)[nH]c1=O)Nc1ccccc1Br. The fourth-order valence-electron chi connectivity index (χ4n) is 1.32. The molecule has 0 unspecified atom stereocenters. The first-order valence-corrected chi connectivity index (χ1v) is 7.20. The van der Waals surface area contributed by atoms with Crippen molar-refractivity contribution in [3.05, 3.63) is 49.6 Å². The van der Waals surface area contributed by atoms with E-state index < -0.39 is 11.2 Å². The number of hydrogen-bond acceptors (Lipinski definition) is 5. The Labute approximate surface area is 125 Å². The third-order valence-corrected chi connectivity index (χ3v) is 3.82. The van der Waals surface area contributed by atoms with Crippen LogP contribution in [0.15, 0.2) is 43.4 Å². The van der Waals surface area contributed by atoms with Crippen molar-refractivity contribution in [2.24, 2.45) is 0 Å². The maximum Gasteiger partial charge on any atom is 0.342 e. The highest BCUT2D eigenvalue weighted by Gasteiger charge is 2.09. The number of nitrogens with one attached hydrogen (secondary N) is 3. The van der Waals surface area contributed by atoms with Gasteiger partial charge in [0.1, 0.15) is 0 Å². The molecule has 2 rings (SSSR count). The van der Waals surface area contributed by atoms with E-state index in [1.54, 1.807) is 18.2 Å². The van der Waals surface area contributed by atoms with Crippen molar-refractivity contribution in [2.75, 3.05) is 11.1 Å². The second-order valence-electron chi connectivity index (χ2n) is 3.63. The number of aromatic nitrogens is 3. The molecule has 104 valence electrons. The largest absolute Gasteiger partial charge is 0.342 e. The monoisotopic (exact) mass is 356 g/mol. The normalized spacial score (nSPS) is 10.2. The summed E-state index contributed by atoms with van der Waals surface area (Å²) in [5.41, 5.74) is -0.661. The summed E-state index contributed by atoms with van der Waals surface area (Å²) in [6.45, 7) is 0. The second kappa shape index (κ2) is 6.53. The smallest absolute Gasteiger partial charge is 0.324 e. The lowest BCUT2D eigenvalue weighted by Crippen LogP contribution is -2.25. The van der Waals surface area contributed by atoms with Crippen LogP contribution in [0.2, 0.25) is 0 Å². The standard InChI is InChI=1S/C11H9BrN4O3S/c12-6-3-1-2-4-7(6)13-8(17)5-20-10-9(18)14-11(19)16-15-10/h1-4H,5H2,(H,13,17)(H2,14,16,18,19). The van der Waals surface area contributed by atoms with Crippen LogP contribution < -0.4 is 16.6 Å². The number of aromatic amines is 2. The lowest BCUT2D eigenvalue weighted by molar-refractivity contribution is -0.113. The number of halogens is 1. The average molecular weight is 357 g/mol. The summed E-state index contributed by atoms with van der Waals surface area (Å²) in [5, 5.41) is 8.40. The van der Waals surface area contributed by atoms with E-state index in [0.29, 0.717) is 5.69 Å². The highest BCUT2D eigenvalue weighted by molar-refractivity contribution is 9.10. The number of thioether (sulfide) groups is 1. The predicted octanol–water partition coefficient (Wildman–Crippen LogP) is 0.951. The van der Waals surface area contributed by atoms with Crippen LogP contribution in [0.1, 0.15) is 0 Å². The highest BCUT2D eigenvalue weighted by Crippen LogP contribution is 2.21. The van der Waals surface area contributed by atoms with Crippen molar-refractivity contribution in [3.63, 3.8) is 0 Å². The minimum absolute atomic E-state index is 0.00343. The van der Waals surface area contributed by atoms with Gasteiger partial charge in [0.2, 0.25) is 5.91 Å². The van der Waals surface area contributed by atoms with Crippen molar-refractivity contribution in [1.82, 2.24) is 15.2 Å². The minimum atomic E-state index is -0.683. The number of amides is 1. The zero-order valence-electron chi connectivity index (χ0n) is 9.97. The van der Waals surface area contributed by atoms with Crippen LogP contribution in [0.4, 0.5) is 5.69 Å². The van der Waals surface area contributed by atoms with Gasteiger partial charge in [-0.1, -0.05) is 23.9 Å². The number of carbonyl (C=O) groups is 1. The first kappa shape index (κ1) is 14.5. The molecule has 1 aromatic carbocycles. The Morgan fingerprint density at radius 3 is 2.80 bits per heavy atom. The van der Waals surface area contributed by atoms with Crippen LogP contribution in [-0.4, -0.2) is 26.8 Å². The van der Waals surface area contributed by atoms with E-state index >= 15 is 0 Å². The van der Waals surface area contributed by atoms with E-state index in [9.17, 15) is 14.4 Å². The van der Waals surface area contributed by atoms with Gasteiger partial charge in [0.05, 0.1) is 11.4 Å². The molecule has 2 aromatic rings. The lowest BCUT2D eigenvalue weighted by atomic mass is 10.3. The molecule has 0 atom stereocenters. The van der Waals surface area contributed by atoms with Crippen molar-refractivity contribution in [2.45, 2.75) is 5.03 Å². The summed E-state index contributed by atoms with van der Waals surface area (Å²) in [6.07, 6.45) is 0. The first-order chi connectivity index (χ1) is 9.56. The lowest BCUT2D eigenvalue weighted by Gasteiger charge is -2.06. The van der Waals surface area contributed by atoms with Gasteiger partial charge < -0.3 is 5.32 Å². The van der Waals surface area contributed by atoms with Gasteiger partial charge in [0.15, 0.2) is 5.03 Å². The summed E-state index contributed by atoms with van der Waals surface area (Å²) in [4.78, 5) is 35.9. The number of carbonyl (C=O) groups excluding carboxylic acids is 1. The molecule has 0 aliphatic rings. The Bertz CT molecular complexity index is 743. The maximum absolute atomic E-state index is 11.8. The van der Waals surface area contributed by atoms with Crippen LogP contribution >= 0.6 is 27.7 Å². The highest BCUT2D eigenvalue weighted by atomic mass is 79.9. The van der Waals surface area contributed by atoms with Crippen molar-refractivity contribution >= 4 is 39.3 Å². The predicted molar refractivity (Wildman–Crippen MR) is 79.0 cm³/mol. The first-order valence-electron chi connectivity index (χ1n) is 5.42. The summed E-state index contributed by atoms with van der Waals surface area (Å²) in [5.74, 6) is -0.280. The molecule has 0 radical (unpaired) electrons. The maximum atomic E-state index is 11.8. The molecule has 0 fully saturated rings. The van der Waals surface area contributed by atoms with Crippen LogP contribution in [0, 0.1) is 0 Å². The molecule has 1 heterocycles. The Morgan fingerprint density at radius 2 is 2.10 bits per heavy atom. The molecule has 7 nitrogen and oxygen atoms in total. The number of anilines is 1. The van der Waals surface area contributed by atoms with E-state index in [1.165, 1.54) is 0 Å². The van der Waals surface area contributed by atoms with Gasteiger partial charge in [-0.05, 0) is 28.1 Å². The fraction of sp³-hybridized carbons (Fsp3) is 0.0909. The zero-order chi connectivity index (χ0) is 14.5. The van der Waals surface area contributed by atoms with E-state index in [-0.39, 0.29) is 16.7 Å². The van der Waals surface area contributed by atoms with Crippen LogP contribution in [-0.2, 0) is 4.79 Å². The van der Waals surface area contributed by atoms with Crippen molar-refractivity contribution in [3.8, 4) is 0 Å². The van der Waals surface area contributed by atoms with Gasteiger partial charge in [-0.3, -0.25) is 14.6 Å². The molecule has 1 aromatic heterocycles. The molecule has 0 aliphatic carbocycles. The number of benzene rings is 1. The molecule has 0 aliphatic heterocycles. The molecule has 0 saturated heterocycles. The van der Waals surface area contributed by atoms with Gasteiger partial charge in [-0.2, -0.15) is 5.10 Å². The third kappa shape index (κ3) is 3.81. The number of rotatable bonds is 4. The number of para-hydroxylation sites is 1. The molecular weight excluding hydrogens is 348 g/mol. The van der Waals surface area contributed by atoms with Gasteiger partial charge >= 0.3 is 5.69 Å². The van der Waals surface area contributed by atoms with Crippen LogP contribution in [0.3, 0.4) is 0 Å². The molecule has 20 heavy (non-hydrogen) atoms. The van der Waals surface area contributed by atoms with Crippen LogP contribution in [0.25, 0.3) is 0 Å². The molecule has 0 spiro atoms. The van der Waals surface area contributed by atoms with Gasteiger partial charge in [-0.25, -0.2) is 9.89 Å². The van der Waals surface area contributed by atoms with E-state index in [0.717, 1.165) is 16.2 Å². The zero-order valence-corrected chi connectivity index (χ0v) is 12.4. The summed E-state index contributed by atoms with van der Waals surface area (Å²) in [6, 6.07) is 7.18. The number of hydrogen-bond donors (Lipinski definition) is 3. The quantitative estimate of drug-likeness (QED) is 0.707. The topological polar surface area (TPSA) is 108 Å². The fourth-order valence-corrected chi connectivity index (χ4v) is 2.33. The van der Waals surface area contributed by atoms with E-state index in [2.05, 4.69) is 31.4 Å². The molecule has 9 heteroatoms. The van der Waals surface area contributed by atoms with Crippen molar-refractivity contribution in [1.29, 1.82) is 0 Å². The Morgan fingerprint density at radius 1 is 1.35 bits per heavy atom. The van der Waals surface area contributed by atoms with E-state index in [4.69, 9.17) is 0 Å². The molecular formula is C11H9BrN4O3S. The average Bonchev–Trinajstić information content (AvgIpc) is 2.40. The minimum Gasteiger partial charge on any atom is -0.324 e.